The Morgan fingerprint density at radius 2 is 2.10 bits per heavy atom. The van der Waals surface area contributed by atoms with E-state index in [1.165, 1.54) is 0 Å². The molecule has 0 saturated carbocycles. The summed E-state index contributed by atoms with van der Waals surface area (Å²) in [7, 11) is 0. The Bertz CT molecular complexity index is 656. The number of amides is 1. The second kappa shape index (κ2) is 6.64. The van der Waals surface area contributed by atoms with E-state index < -0.39 is 24.0 Å². The third-order valence-corrected chi connectivity index (χ3v) is 3.61. The zero-order valence-corrected chi connectivity index (χ0v) is 12.1. The molecule has 5 N–H and O–H groups in total. The van der Waals surface area contributed by atoms with E-state index in [9.17, 15) is 9.59 Å². The van der Waals surface area contributed by atoms with Gasteiger partial charge in [-0.25, -0.2) is 4.79 Å². The number of carboxylic acids is 1. The monoisotopic (exact) mass is 307 g/mol. The molecule has 0 radical (unpaired) electrons. The SMILES string of the molecule is N[C@H](Cc1c[nH]c2ccccc12)C(=O)N[C@@H](CS)C(=O)O. The van der Waals surface area contributed by atoms with Crippen molar-refractivity contribution in [3.05, 3.63) is 36.0 Å². The number of aliphatic carboxylic acids is 1. The maximum atomic E-state index is 11.9. The van der Waals surface area contributed by atoms with Crippen LogP contribution in [-0.2, 0) is 16.0 Å². The number of hydrogen-bond donors (Lipinski definition) is 5. The molecule has 1 aromatic carbocycles. The van der Waals surface area contributed by atoms with Gasteiger partial charge in [-0.15, -0.1) is 0 Å². The lowest BCUT2D eigenvalue weighted by Crippen LogP contribution is -2.50. The number of fused-ring (bicyclic) bond motifs is 1. The number of benzene rings is 1. The number of aromatic amines is 1. The van der Waals surface area contributed by atoms with Crippen molar-refractivity contribution in [3.63, 3.8) is 0 Å². The largest absolute Gasteiger partial charge is 0.480 e. The Morgan fingerprint density at radius 3 is 2.76 bits per heavy atom. The molecule has 0 bridgehead atoms. The average Bonchev–Trinajstić information content (AvgIpc) is 2.87. The normalized spacial score (nSPS) is 13.8. The van der Waals surface area contributed by atoms with E-state index in [2.05, 4.69) is 22.9 Å². The highest BCUT2D eigenvalue weighted by atomic mass is 32.1. The first kappa shape index (κ1) is 15.4. The van der Waals surface area contributed by atoms with Crippen LogP contribution in [0.1, 0.15) is 5.56 Å². The third kappa shape index (κ3) is 3.56. The number of nitrogens with two attached hydrogens (primary N) is 1. The first-order valence-electron chi connectivity index (χ1n) is 6.47. The van der Waals surface area contributed by atoms with Crippen molar-refractivity contribution in [2.75, 3.05) is 5.75 Å². The Balaban J connectivity index is 2.05. The molecule has 21 heavy (non-hydrogen) atoms. The molecule has 2 aromatic rings. The molecule has 0 saturated heterocycles. The van der Waals surface area contributed by atoms with Crippen molar-refractivity contribution in [3.8, 4) is 0 Å². The lowest BCUT2D eigenvalue weighted by atomic mass is 10.0. The number of aromatic nitrogens is 1. The fraction of sp³-hybridized carbons (Fsp3) is 0.286. The van der Waals surface area contributed by atoms with Crippen molar-refractivity contribution in [1.29, 1.82) is 0 Å². The summed E-state index contributed by atoms with van der Waals surface area (Å²) in [6, 6.07) is 5.86. The molecule has 0 aliphatic heterocycles. The van der Waals surface area contributed by atoms with Gasteiger partial charge in [-0.05, 0) is 18.1 Å². The first-order valence-corrected chi connectivity index (χ1v) is 7.10. The van der Waals surface area contributed by atoms with E-state index in [1.54, 1.807) is 0 Å². The molecule has 0 spiro atoms. The van der Waals surface area contributed by atoms with E-state index in [-0.39, 0.29) is 5.75 Å². The highest BCUT2D eigenvalue weighted by Crippen LogP contribution is 2.18. The van der Waals surface area contributed by atoms with E-state index in [0.717, 1.165) is 16.5 Å². The highest BCUT2D eigenvalue weighted by Gasteiger charge is 2.22. The quantitative estimate of drug-likeness (QED) is 0.502. The van der Waals surface area contributed by atoms with Crippen molar-refractivity contribution in [2.45, 2.75) is 18.5 Å². The number of rotatable bonds is 6. The molecule has 6 nitrogen and oxygen atoms in total. The van der Waals surface area contributed by atoms with Gasteiger partial charge >= 0.3 is 5.97 Å². The van der Waals surface area contributed by atoms with Gasteiger partial charge in [0.05, 0.1) is 6.04 Å². The van der Waals surface area contributed by atoms with Crippen LogP contribution in [0.5, 0.6) is 0 Å². The summed E-state index contributed by atoms with van der Waals surface area (Å²) in [5.41, 5.74) is 7.75. The van der Waals surface area contributed by atoms with E-state index >= 15 is 0 Å². The fourth-order valence-electron chi connectivity index (χ4n) is 2.09. The minimum absolute atomic E-state index is 0.0148. The Morgan fingerprint density at radius 1 is 1.38 bits per heavy atom. The summed E-state index contributed by atoms with van der Waals surface area (Å²) in [5, 5.41) is 12.3. The van der Waals surface area contributed by atoms with Crippen molar-refractivity contribution in [2.24, 2.45) is 5.73 Å². The van der Waals surface area contributed by atoms with Crippen LogP contribution in [0.4, 0.5) is 0 Å². The van der Waals surface area contributed by atoms with Gasteiger partial charge in [0.25, 0.3) is 0 Å². The standard InChI is InChI=1S/C14H17N3O3S/c15-10(13(18)17-12(7-21)14(19)20)5-8-6-16-11-4-2-1-3-9(8)11/h1-4,6,10,12,16,21H,5,7,15H2,(H,17,18)(H,19,20)/t10-,12+/m1/s1. The van der Waals surface area contributed by atoms with Crippen LogP contribution >= 0.6 is 12.6 Å². The topological polar surface area (TPSA) is 108 Å². The maximum absolute atomic E-state index is 11.9. The number of thiol groups is 1. The molecule has 1 aromatic heterocycles. The highest BCUT2D eigenvalue weighted by molar-refractivity contribution is 7.80. The summed E-state index contributed by atoms with van der Waals surface area (Å²) in [6.07, 6.45) is 2.14. The van der Waals surface area contributed by atoms with Gasteiger partial charge in [-0.3, -0.25) is 4.79 Å². The second-order valence-electron chi connectivity index (χ2n) is 4.75. The van der Waals surface area contributed by atoms with E-state index in [4.69, 9.17) is 10.8 Å². The van der Waals surface area contributed by atoms with Crippen LogP contribution in [0, 0.1) is 0 Å². The summed E-state index contributed by atoms with van der Waals surface area (Å²) >= 11 is 3.89. The van der Waals surface area contributed by atoms with Crippen molar-refractivity contribution < 1.29 is 14.7 Å². The fourth-order valence-corrected chi connectivity index (χ4v) is 2.34. The Kier molecular flexibility index (Phi) is 4.87. The molecule has 7 heteroatoms. The van der Waals surface area contributed by atoms with Crippen LogP contribution in [0.2, 0.25) is 0 Å². The van der Waals surface area contributed by atoms with Crippen LogP contribution in [-0.4, -0.2) is 39.8 Å². The number of carbonyl (C=O) groups excluding carboxylic acids is 1. The molecule has 1 amide bonds. The predicted octanol–water partition coefficient (Wildman–Crippen LogP) is 0.537. The van der Waals surface area contributed by atoms with Gasteiger partial charge in [-0.1, -0.05) is 18.2 Å². The minimum Gasteiger partial charge on any atom is -0.480 e. The zero-order valence-electron chi connectivity index (χ0n) is 11.2. The molecule has 2 atom stereocenters. The summed E-state index contributed by atoms with van der Waals surface area (Å²) in [4.78, 5) is 25.9. The lowest BCUT2D eigenvalue weighted by molar-refractivity contribution is -0.141. The van der Waals surface area contributed by atoms with Gasteiger partial charge in [-0.2, -0.15) is 12.6 Å². The van der Waals surface area contributed by atoms with Crippen LogP contribution in [0.25, 0.3) is 10.9 Å². The molecule has 112 valence electrons. The van der Waals surface area contributed by atoms with Crippen molar-refractivity contribution in [1.82, 2.24) is 10.3 Å². The Labute approximate surface area is 127 Å². The third-order valence-electron chi connectivity index (χ3n) is 3.25. The van der Waals surface area contributed by atoms with E-state index in [0.29, 0.717) is 6.42 Å². The number of hydrogen-bond acceptors (Lipinski definition) is 4. The zero-order chi connectivity index (χ0) is 15.4. The van der Waals surface area contributed by atoms with Gasteiger partial charge < -0.3 is 21.1 Å². The van der Waals surface area contributed by atoms with Gasteiger partial charge in [0.1, 0.15) is 6.04 Å². The molecule has 0 unspecified atom stereocenters. The number of H-pyrrole nitrogens is 1. The minimum atomic E-state index is -1.13. The molecular weight excluding hydrogens is 290 g/mol. The number of carbonyl (C=O) groups is 2. The van der Waals surface area contributed by atoms with Gasteiger partial charge in [0.15, 0.2) is 0 Å². The predicted molar refractivity (Wildman–Crippen MR) is 83.4 cm³/mol. The van der Waals surface area contributed by atoms with Crippen LogP contribution < -0.4 is 11.1 Å². The van der Waals surface area contributed by atoms with Gasteiger partial charge in [0.2, 0.25) is 5.91 Å². The lowest BCUT2D eigenvalue weighted by Gasteiger charge is -2.16. The molecule has 2 rings (SSSR count). The first-order chi connectivity index (χ1) is 10.0. The van der Waals surface area contributed by atoms with Crippen LogP contribution in [0.15, 0.2) is 30.5 Å². The van der Waals surface area contributed by atoms with E-state index in [1.807, 2.05) is 30.5 Å². The molecule has 1 heterocycles. The molecule has 0 fully saturated rings. The number of carboxylic acid groups (broad SMARTS) is 1. The molecular formula is C14H17N3O3S. The van der Waals surface area contributed by atoms with Crippen LogP contribution in [0.3, 0.4) is 0 Å². The number of para-hydroxylation sites is 1. The summed E-state index contributed by atoms with van der Waals surface area (Å²) in [5.74, 6) is -1.61. The average molecular weight is 307 g/mol. The molecule has 0 aliphatic carbocycles. The maximum Gasteiger partial charge on any atom is 0.327 e. The van der Waals surface area contributed by atoms with Crippen molar-refractivity contribution >= 4 is 35.4 Å². The number of nitrogens with one attached hydrogen (secondary N) is 2. The second-order valence-corrected chi connectivity index (χ2v) is 5.12. The molecule has 0 aliphatic rings. The summed E-state index contributed by atoms with van der Waals surface area (Å²) in [6.45, 7) is 0. The Hall–Kier alpha value is -1.99. The summed E-state index contributed by atoms with van der Waals surface area (Å²) < 4.78 is 0. The smallest absolute Gasteiger partial charge is 0.327 e. The van der Waals surface area contributed by atoms with Gasteiger partial charge in [0, 0.05) is 22.9 Å².